The zero-order valence-electron chi connectivity index (χ0n) is 21.1. The SMILES string of the molecule is [C-]#[N+]c1cnn([C@H]2C[C@@H](C(=O)Nc3ccc(F)nc3)N(c3nc(Nc4cc(C5CC5)[nH]n4)c4cccn4n3)C2)c1. The molecule has 0 bridgehead atoms. The van der Waals surface area contributed by atoms with Crippen LogP contribution in [0.3, 0.4) is 0 Å². The standard InChI is InChI=1S/C26H23FN12O/c1-28-17-12-30-39(13-17)18-9-21(25(40)31-16-6-7-22(27)29-11-16)37(14-18)26-33-24(20-3-2-8-38(20)36-26)32-23-10-19(34-35-23)15-4-5-15/h2-3,6-8,10-13,15,18,21H,4-5,9,14H2,(H,31,40)(H2,32,33,34,35,36)/t18-,21-/m0/s1. The van der Waals surface area contributed by atoms with Gasteiger partial charge in [0.05, 0.1) is 30.7 Å². The maximum absolute atomic E-state index is 13.5. The van der Waals surface area contributed by atoms with Gasteiger partial charge in [-0.15, -0.1) is 5.10 Å². The van der Waals surface area contributed by atoms with Crippen molar-refractivity contribution in [3.63, 3.8) is 0 Å². The fraction of sp³-hybridized carbons (Fsp3) is 0.269. The van der Waals surface area contributed by atoms with E-state index in [1.807, 2.05) is 29.3 Å². The molecule has 13 nitrogen and oxygen atoms in total. The van der Waals surface area contributed by atoms with Crippen LogP contribution in [-0.2, 0) is 4.79 Å². The molecule has 2 atom stereocenters. The molecule has 14 heteroatoms. The van der Waals surface area contributed by atoms with Crippen molar-refractivity contribution in [2.45, 2.75) is 37.3 Å². The number of rotatable bonds is 7. The number of amides is 1. The van der Waals surface area contributed by atoms with Crippen LogP contribution < -0.4 is 15.5 Å². The second-order valence-corrected chi connectivity index (χ2v) is 9.91. The lowest BCUT2D eigenvalue weighted by Crippen LogP contribution is -2.41. The first kappa shape index (κ1) is 23.8. The molecule has 0 spiro atoms. The van der Waals surface area contributed by atoms with E-state index in [2.05, 4.69) is 35.8 Å². The van der Waals surface area contributed by atoms with E-state index in [1.165, 1.54) is 24.5 Å². The zero-order chi connectivity index (χ0) is 27.2. The third-order valence-electron chi connectivity index (χ3n) is 7.17. The number of anilines is 4. The van der Waals surface area contributed by atoms with Crippen LogP contribution in [0.2, 0.25) is 0 Å². The van der Waals surface area contributed by atoms with E-state index in [0.717, 1.165) is 24.1 Å². The highest BCUT2D eigenvalue weighted by Gasteiger charge is 2.40. The maximum atomic E-state index is 13.5. The number of aromatic amines is 1. The minimum atomic E-state index is -0.677. The number of pyridine rings is 1. The molecule has 5 aromatic rings. The largest absolute Gasteiger partial charge is 0.325 e. The molecule has 200 valence electrons. The third kappa shape index (κ3) is 4.47. The number of halogens is 1. The fourth-order valence-electron chi connectivity index (χ4n) is 5.00. The zero-order valence-corrected chi connectivity index (χ0v) is 21.1. The number of nitrogens with one attached hydrogen (secondary N) is 3. The van der Waals surface area contributed by atoms with Crippen LogP contribution >= 0.6 is 0 Å². The van der Waals surface area contributed by atoms with Gasteiger partial charge in [-0.1, -0.05) is 0 Å². The van der Waals surface area contributed by atoms with Crippen LogP contribution in [0.5, 0.6) is 0 Å². The quantitative estimate of drug-likeness (QED) is 0.210. The summed E-state index contributed by atoms with van der Waals surface area (Å²) in [7, 11) is 0. The summed E-state index contributed by atoms with van der Waals surface area (Å²) in [5.41, 5.74) is 2.63. The van der Waals surface area contributed by atoms with Crippen LogP contribution in [-0.4, -0.2) is 58.1 Å². The summed E-state index contributed by atoms with van der Waals surface area (Å²) in [6.07, 6.45) is 8.95. The molecule has 2 fully saturated rings. The normalized spacial score (nSPS) is 18.6. The summed E-state index contributed by atoms with van der Waals surface area (Å²) in [6.45, 7) is 7.66. The van der Waals surface area contributed by atoms with Crippen molar-refractivity contribution in [2.75, 3.05) is 22.1 Å². The Hall–Kier alpha value is -5.32. The van der Waals surface area contributed by atoms with Gasteiger partial charge in [0, 0.05) is 43.0 Å². The molecule has 0 radical (unpaired) electrons. The predicted octanol–water partition coefficient (Wildman–Crippen LogP) is 3.81. The van der Waals surface area contributed by atoms with Gasteiger partial charge >= 0.3 is 0 Å². The van der Waals surface area contributed by atoms with Crippen LogP contribution in [0.1, 0.15) is 36.9 Å². The molecule has 6 heterocycles. The highest BCUT2D eigenvalue weighted by Crippen LogP contribution is 2.40. The number of carbonyl (C=O) groups excluding carboxylic acids is 1. The van der Waals surface area contributed by atoms with E-state index < -0.39 is 12.0 Å². The summed E-state index contributed by atoms with van der Waals surface area (Å²) < 4.78 is 16.7. The first-order valence-corrected chi connectivity index (χ1v) is 12.8. The average molecular weight is 539 g/mol. The summed E-state index contributed by atoms with van der Waals surface area (Å²) in [4.78, 5) is 27.3. The molecule has 3 N–H and O–H groups in total. The molecule has 2 aliphatic rings. The molecule has 1 amide bonds. The molecular formula is C26H23FN12O. The van der Waals surface area contributed by atoms with E-state index in [0.29, 0.717) is 47.8 Å². The van der Waals surface area contributed by atoms with Crippen molar-refractivity contribution in [1.29, 1.82) is 0 Å². The maximum Gasteiger partial charge on any atom is 0.247 e. The number of aromatic nitrogens is 8. The highest BCUT2D eigenvalue weighted by molar-refractivity contribution is 5.97. The van der Waals surface area contributed by atoms with Crippen molar-refractivity contribution >= 4 is 40.4 Å². The number of carbonyl (C=O) groups is 1. The van der Waals surface area contributed by atoms with Crippen LogP contribution in [0.4, 0.5) is 33.3 Å². The molecule has 0 aromatic carbocycles. The van der Waals surface area contributed by atoms with E-state index in [4.69, 9.17) is 16.7 Å². The molecular weight excluding hydrogens is 515 g/mol. The van der Waals surface area contributed by atoms with E-state index in [-0.39, 0.29) is 11.9 Å². The van der Waals surface area contributed by atoms with Gasteiger partial charge in [0.25, 0.3) is 0 Å². The first-order chi connectivity index (χ1) is 19.5. The number of fused-ring (bicyclic) bond motifs is 1. The Bertz CT molecular complexity index is 1750. The lowest BCUT2D eigenvalue weighted by atomic mass is 10.1. The predicted molar refractivity (Wildman–Crippen MR) is 143 cm³/mol. The molecule has 40 heavy (non-hydrogen) atoms. The van der Waals surface area contributed by atoms with Crippen LogP contribution in [0.15, 0.2) is 55.1 Å². The van der Waals surface area contributed by atoms with E-state index in [1.54, 1.807) is 15.4 Å². The van der Waals surface area contributed by atoms with Gasteiger partial charge in [-0.25, -0.2) is 14.3 Å². The summed E-state index contributed by atoms with van der Waals surface area (Å²) in [5, 5.41) is 22.7. The van der Waals surface area contributed by atoms with Crippen molar-refractivity contribution in [2.24, 2.45) is 0 Å². The molecule has 1 saturated carbocycles. The third-order valence-corrected chi connectivity index (χ3v) is 7.17. The van der Waals surface area contributed by atoms with Gasteiger partial charge in [-0.2, -0.15) is 19.6 Å². The lowest BCUT2D eigenvalue weighted by Gasteiger charge is -2.24. The van der Waals surface area contributed by atoms with Crippen LogP contribution in [0.25, 0.3) is 10.4 Å². The smallest absolute Gasteiger partial charge is 0.247 e. The number of H-pyrrole nitrogens is 1. The lowest BCUT2D eigenvalue weighted by molar-refractivity contribution is -0.117. The van der Waals surface area contributed by atoms with Gasteiger partial charge in [0.15, 0.2) is 11.6 Å². The summed E-state index contributed by atoms with van der Waals surface area (Å²) >= 11 is 0. The molecule has 1 saturated heterocycles. The summed E-state index contributed by atoms with van der Waals surface area (Å²) in [5.74, 6) is 1.10. The van der Waals surface area contributed by atoms with Crippen molar-refractivity contribution in [3.8, 4) is 0 Å². The van der Waals surface area contributed by atoms with Crippen molar-refractivity contribution in [1.82, 2.24) is 39.6 Å². The van der Waals surface area contributed by atoms with Gasteiger partial charge < -0.3 is 15.5 Å². The Morgan fingerprint density at radius 3 is 2.90 bits per heavy atom. The van der Waals surface area contributed by atoms with Gasteiger partial charge in [0.2, 0.25) is 23.5 Å². The Morgan fingerprint density at radius 2 is 2.12 bits per heavy atom. The fourth-order valence-corrected chi connectivity index (χ4v) is 5.00. The number of nitrogens with zero attached hydrogens (tertiary/aromatic N) is 9. The van der Waals surface area contributed by atoms with Gasteiger partial charge in [0.1, 0.15) is 11.6 Å². The first-order valence-electron chi connectivity index (χ1n) is 12.8. The van der Waals surface area contributed by atoms with Crippen molar-refractivity contribution in [3.05, 3.63) is 78.2 Å². The Labute approximate surface area is 226 Å². The number of hydrogen-bond acceptors (Lipinski definition) is 8. The highest BCUT2D eigenvalue weighted by atomic mass is 19.1. The van der Waals surface area contributed by atoms with Crippen LogP contribution in [0, 0.1) is 12.5 Å². The minimum Gasteiger partial charge on any atom is -0.325 e. The Balaban J connectivity index is 1.23. The molecule has 5 aromatic heterocycles. The number of hydrogen-bond donors (Lipinski definition) is 3. The molecule has 1 aliphatic heterocycles. The summed E-state index contributed by atoms with van der Waals surface area (Å²) in [6, 6.07) is 7.50. The molecule has 0 unspecified atom stereocenters. The van der Waals surface area contributed by atoms with E-state index in [9.17, 15) is 9.18 Å². The second-order valence-electron chi connectivity index (χ2n) is 9.91. The molecule has 7 rings (SSSR count). The monoisotopic (exact) mass is 538 g/mol. The van der Waals surface area contributed by atoms with Gasteiger partial charge in [-0.05, 0) is 37.1 Å². The van der Waals surface area contributed by atoms with Crippen molar-refractivity contribution < 1.29 is 9.18 Å². The van der Waals surface area contributed by atoms with Gasteiger partial charge in [-0.3, -0.25) is 14.6 Å². The second kappa shape index (κ2) is 9.45. The topological polar surface area (TPSA) is 138 Å². The Morgan fingerprint density at radius 1 is 1.23 bits per heavy atom. The minimum absolute atomic E-state index is 0.217. The van der Waals surface area contributed by atoms with E-state index >= 15 is 0 Å². The molecule has 1 aliphatic carbocycles. The Kier molecular flexibility index (Phi) is 5.62. The average Bonchev–Trinajstić information content (AvgIpc) is 3.39.